The van der Waals surface area contributed by atoms with Crippen molar-refractivity contribution >= 4 is 12.0 Å². The molecular formula is C17H24N2O4. The Kier molecular flexibility index (Phi) is 5.26. The molecule has 0 aliphatic carbocycles. The summed E-state index contributed by atoms with van der Waals surface area (Å²) >= 11 is 0. The smallest absolute Gasteiger partial charge is 0.411 e. The fourth-order valence-electron chi connectivity index (χ4n) is 2.50. The summed E-state index contributed by atoms with van der Waals surface area (Å²) in [6.07, 6.45) is -0.381. The van der Waals surface area contributed by atoms with E-state index in [4.69, 9.17) is 15.2 Å². The standard InChI is InChI=1S/C17H24N2O4/c1-17(2,3)23-16(21)19-10-13(9-14(19)15(18)20)22-11-12-7-5-4-6-8-12/h4-8,13-14H,9-11H2,1-3H3,(H2,18,20)/t13-,14+/m1/s1. The largest absolute Gasteiger partial charge is 0.444 e. The highest BCUT2D eigenvalue weighted by molar-refractivity contribution is 5.85. The van der Waals surface area contributed by atoms with Crippen LogP contribution in [0.4, 0.5) is 4.79 Å². The van der Waals surface area contributed by atoms with E-state index in [0.717, 1.165) is 5.56 Å². The van der Waals surface area contributed by atoms with E-state index in [1.165, 1.54) is 4.90 Å². The lowest BCUT2D eigenvalue weighted by molar-refractivity contribution is -0.122. The molecule has 2 N–H and O–H groups in total. The van der Waals surface area contributed by atoms with Crippen molar-refractivity contribution in [3.05, 3.63) is 35.9 Å². The minimum Gasteiger partial charge on any atom is -0.444 e. The van der Waals surface area contributed by atoms with Crippen LogP contribution in [0.15, 0.2) is 30.3 Å². The number of hydrogen-bond acceptors (Lipinski definition) is 4. The van der Waals surface area contributed by atoms with Crippen molar-refractivity contribution in [1.29, 1.82) is 0 Å². The second-order valence-corrected chi connectivity index (χ2v) is 6.71. The summed E-state index contributed by atoms with van der Waals surface area (Å²) in [4.78, 5) is 25.2. The molecule has 1 aromatic rings. The molecule has 0 radical (unpaired) electrons. The molecule has 23 heavy (non-hydrogen) atoms. The summed E-state index contributed by atoms with van der Waals surface area (Å²) in [7, 11) is 0. The van der Waals surface area contributed by atoms with Crippen molar-refractivity contribution < 1.29 is 19.1 Å². The first-order valence-corrected chi connectivity index (χ1v) is 7.71. The van der Waals surface area contributed by atoms with E-state index < -0.39 is 23.6 Å². The second-order valence-electron chi connectivity index (χ2n) is 6.71. The predicted molar refractivity (Wildman–Crippen MR) is 85.6 cm³/mol. The maximum atomic E-state index is 12.2. The van der Waals surface area contributed by atoms with Crippen molar-refractivity contribution in [1.82, 2.24) is 4.90 Å². The average molecular weight is 320 g/mol. The predicted octanol–water partition coefficient (Wildman–Crippen LogP) is 2.07. The minimum atomic E-state index is -0.689. The summed E-state index contributed by atoms with van der Waals surface area (Å²) in [5.41, 5.74) is 5.83. The normalized spacial score (nSPS) is 21.3. The number of likely N-dealkylation sites (tertiary alicyclic amines) is 1. The Labute approximate surface area is 136 Å². The first-order valence-electron chi connectivity index (χ1n) is 7.71. The van der Waals surface area contributed by atoms with Gasteiger partial charge in [-0.05, 0) is 26.3 Å². The number of nitrogens with zero attached hydrogens (tertiary/aromatic N) is 1. The number of amides is 2. The van der Waals surface area contributed by atoms with Gasteiger partial charge in [-0.1, -0.05) is 30.3 Å². The average Bonchev–Trinajstić information content (AvgIpc) is 2.89. The van der Waals surface area contributed by atoms with Gasteiger partial charge in [-0.15, -0.1) is 0 Å². The van der Waals surface area contributed by atoms with E-state index in [2.05, 4.69) is 0 Å². The van der Waals surface area contributed by atoms with Gasteiger partial charge in [-0.25, -0.2) is 4.79 Å². The van der Waals surface area contributed by atoms with Crippen LogP contribution >= 0.6 is 0 Å². The van der Waals surface area contributed by atoms with E-state index in [0.29, 0.717) is 19.6 Å². The van der Waals surface area contributed by atoms with Crippen molar-refractivity contribution in [3.63, 3.8) is 0 Å². The number of hydrogen-bond donors (Lipinski definition) is 1. The number of primary amides is 1. The Hall–Kier alpha value is -2.08. The highest BCUT2D eigenvalue weighted by atomic mass is 16.6. The second kappa shape index (κ2) is 7.00. The lowest BCUT2D eigenvalue weighted by Gasteiger charge is -2.27. The maximum absolute atomic E-state index is 12.2. The SMILES string of the molecule is CC(C)(C)OC(=O)N1C[C@H](OCc2ccccc2)C[C@H]1C(N)=O. The molecule has 0 aromatic heterocycles. The molecule has 1 aliphatic rings. The van der Waals surface area contributed by atoms with Gasteiger partial charge in [0, 0.05) is 6.42 Å². The van der Waals surface area contributed by atoms with Crippen LogP contribution in [0.5, 0.6) is 0 Å². The first-order chi connectivity index (χ1) is 10.8. The summed E-state index contributed by atoms with van der Waals surface area (Å²) in [6, 6.07) is 9.05. The molecule has 1 aliphatic heterocycles. The van der Waals surface area contributed by atoms with Gasteiger partial charge in [0.2, 0.25) is 5.91 Å². The zero-order valence-corrected chi connectivity index (χ0v) is 13.8. The van der Waals surface area contributed by atoms with Crippen LogP contribution in [0.1, 0.15) is 32.8 Å². The van der Waals surface area contributed by atoms with E-state index in [-0.39, 0.29) is 6.10 Å². The number of carbonyl (C=O) groups is 2. The zero-order chi connectivity index (χ0) is 17.0. The van der Waals surface area contributed by atoms with Crippen molar-refractivity contribution in [2.45, 2.75) is 51.5 Å². The fourth-order valence-corrected chi connectivity index (χ4v) is 2.50. The van der Waals surface area contributed by atoms with Crippen LogP contribution in [0.25, 0.3) is 0 Å². The van der Waals surface area contributed by atoms with E-state index in [9.17, 15) is 9.59 Å². The van der Waals surface area contributed by atoms with Crippen LogP contribution in [0.2, 0.25) is 0 Å². The van der Waals surface area contributed by atoms with Gasteiger partial charge in [-0.3, -0.25) is 9.69 Å². The topological polar surface area (TPSA) is 81.9 Å². The van der Waals surface area contributed by atoms with Gasteiger partial charge in [0.05, 0.1) is 19.3 Å². The van der Waals surface area contributed by atoms with Gasteiger partial charge in [0.1, 0.15) is 11.6 Å². The van der Waals surface area contributed by atoms with Crippen LogP contribution < -0.4 is 5.73 Å². The van der Waals surface area contributed by atoms with E-state index in [1.807, 2.05) is 30.3 Å². The molecule has 2 amide bonds. The molecule has 1 saturated heterocycles. The summed E-state index contributed by atoms with van der Waals surface area (Å²) in [5, 5.41) is 0. The molecule has 6 nitrogen and oxygen atoms in total. The third kappa shape index (κ3) is 4.96. The Morgan fingerprint density at radius 1 is 1.26 bits per heavy atom. The van der Waals surface area contributed by atoms with Crippen LogP contribution in [0.3, 0.4) is 0 Å². The molecule has 2 rings (SSSR count). The Morgan fingerprint density at radius 2 is 1.91 bits per heavy atom. The van der Waals surface area contributed by atoms with E-state index >= 15 is 0 Å². The van der Waals surface area contributed by atoms with E-state index in [1.54, 1.807) is 20.8 Å². The number of rotatable bonds is 4. The molecule has 0 bridgehead atoms. The quantitative estimate of drug-likeness (QED) is 0.920. The van der Waals surface area contributed by atoms with Crippen LogP contribution in [-0.2, 0) is 20.9 Å². The lowest BCUT2D eigenvalue weighted by atomic mass is 10.2. The first kappa shape index (κ1) is 17.3. The van der Waals surface area contributed by atoms with Gasteiger partial charge < -0.3 is 15.2 Å². The highest BCUT2D eigenvalue weighted by Crippen LogP contribution is 2.24. The molecule has 1 heterocycles. The number of nitrogens with two attached hydrogens (primary N) is 1. The Bertz CT molecular complexity index is 553. The molecule has 0 saturated carbocycles. The molecule has 1 aromatic carbocycles. The van der Waals surface area contributed by atoms with Crippen molar-refractivity contribution in [2.75, 3.05) is 6.54 Å². The lowest BCUT2D eigenvalue weighted by Crippen LogP contribution is -2.45. The molecular weight excluding hydrogens is 296 g/mol. The van der Waals surface area contributed by atoms with Gasteiger partial charge >= 0.3 is 6.09 Å². The summed E-state index contributed by atoms with van der Waals surface area (Å²) in [5.74, 6) is -0.540. The molecule has 6 heteroatoms. The summed E-state index contributed by atoms with van der Waals surface area (Å²) in [6.45, 7) is 6.07. The third-order valence-electron chi connectivity index (χ3n) is 3.55. The molecule has 2 atom stereocenters. The Morgan fingerprint density at radius 3 is 2.48 bits per heavy atom. The zero-order valence-electron chi connectivity index (χ0n) is 13.8. The van der Waals surface area contributed by atoms with Gasteiger partial charge in [0.25, 0.3) is 0 Å². The fraction of sp³-hybridized carbons (Fsp3) is 0.529. The van der Waals surface area contributed by atoms with Crippen LogP contribution in [-0.4, -0.2) is 41.2 Å². The number of ether oxygens (including phenoxy) is 2. The molecule has 126 valence electrons. The number of carbonyl (C=O) groups excluding carboxylic acids is 2. The van der Waals surface area contributed by atoms with Crippen molar-refractivity contribution in [2.24, 2.45) is 5.73 Å². The maximum Gasteiger partial charge on any atom is 0.411 e. The molecule has 0 unspecified atom stereocenters. The molecule has 1 fully saturated rings. The Balaban J connectivity index is 1.97. The third-order valence-corrected chi connectivity index (χ3v) is 3.55. The molecule has 0 spiro atoms. The highest BCUT2D eigenvalue weighted by Gasteiger charge is 2.41. The van der Waals surface area contributed by atoms with Gasteiger partial charge in [-0.2, -0.15) is 0 Å². The summed E-state index contributed by atoms with van der Waals surface area (Å²) < 4.78 is 11.2. The number of benzene rings is 1. The van der Waals surface area contributed by atoms with Gasteiger partial charge in [0.15, 0.2) is 0 Å². The van der Waals surface area contributed by atoms with Crippen LogP contribution in [0, 0.1) is 0 Å². The monoisotopic (exact) mass is 320 g/mol. The minimum absolute atomic E-state index is 0.236. The van der Waals surface area contributed by atoms with Crippen molar-refractivity contribution in [3.8, 4) is 0 Å².